The maximum absolute atomic E-state index is 13.2. The lowest BCUT2D eigenvalue weighted by Gasteiger charge is -2.27. The fraction of sp³-hybridized carbons (Fsp3) is 0.143. The molecule has 162 valence electrons. The van der Waals surface area contributed by atoms with Crippen LogP contribution in [-0.4, -0.2) is 29.5 Å². The number of aliphatic hydroxyl groups is 1. The van der Waals surface area contributed by atoms with E-state index in [2.05, 4.69) is 9.72 Å². The number of rotatable bonds is 6. The molecule has 31 heavy (non-hydrogen) atoms. The van der Waals surface area contributed by atoms with Crippen LogP contribution in [0.4, 0.5) is 13.2 Å². The number of halogens is 4. The number of carbonyl (C=O) groups excluding carboxylic acids is 1. The van der Waals surface area contributed by atoms with Crippen LogP contribution >= 0.6 is 11.6 Å². The highest BCUT2D eigenvalue weighted by Gasteiger charge is 2.40. The quantitative estimate of drug-likeness (QED) is 0.589. The molecule has 0 aliphatic carbocycles. The van der Waals surface area contributed by atoms with Crippen molar-refractivity contribution in [2.45, 2.75) is 12.0 Å². The first kappa shape index (κ1) is 22.4. The van der Waals surface area contributed by atoms with E-state index in [1.807, 2.05) is 0 Å². The third-order valence-electron chi connectivity index (χ3n) is 4.47. The molecule has 0 aliphatic heterocycles. The van der Waals surface area contributed by atoms with E-state index in [0.717, 1.165) is 6.07 Å². The molecule has 2 aromatic carbocycles. The van der Waals surface area contributed by atoms with Gasteiger partial charge in [-0.2, -0.15) is 0 Å². The van der Waals surface area contributed by atoms with Crippen molar-refractivity contribution < 1.29 is 32.5 Å². The van der Waals surface area contributed by atoms with Crippen LogP contribution in [0, 0.1) is 0 Å². The van der Waals surface area contributed by atoms with Crippen LogP contribution in [0.25, 0.3) is 11.1 Å². The smallest absolute Gasteiger partial charge is 0.481 e. The highest BCUT2D eigenvalue weighted by molar-refractivity contribution is 6.30. The van der Waals surface area contributed by atoms with Gasteiger partial charge in [-0.1, -0.05) is 54.1 Å². The van der Waals surface area contributed by atoms with Gasteiger partial charge in [-0.25, -0.2) is 4.98 Å². The maximum Gasteiger partial charge on any atom is 0.573 e. The van der Waals surface area contributed by atoms with Crippen molar-refractivity contribution in [1.29, 1.82) is 0 Å². The van der Waals surface area contributed by atoms with Crippen molar-refractivity contribution in [3.8, 4) is 22.8 Å². The largest absolute Gasteiger partial charge is 0.573 e. The van der Waals surface area contributed by atoms with Crippen molar-refractivity contribution in [2.75, 3.05) is 7.11 Å². The van der Waals surface area contributed by atoms with Gasteiger partial charge in [-0.3, -0.25) is 4.79 Å². The predicted molar refractivity (Wildman–Crippen MR) is 107 cm³/mol. The van der Waals surface area contributed by atoms with E-state index in [9.17, 15) is 23.1 Å². The highest BCUT2D eigenvalue weighted by atomic mass is 35.5. The molecule has 0 saturated carbocycles. The molecule has 1 aromatic heterocycles. The second-order valence-electron chi connectivity index (χ2n) is 6.41. The Morgan fingerprint density at radius 1 is 1.06 bits per heavy atom. The second-order valence-corrected chi connectivity index (χ2v) is 6.85. The zero-order chi connectivity index (χ0) is 22.8. The van der Waals surface area contributed by atoms with Crippen molar-refractivity contribution in [3.05, 3.63) is 76.9 Å². The van der Waals surface area contributed by atoms with Crippen LogP contribution in [0.2, 0.25) is 5.02 Å². The van der Waals surface area contributed by atoms with E-state index in [0.29, 0.717) is 0 Å². The van der Waals surface area contributed by atoms with Gasteiger partial charge >= 0.3 is 6.36 Å². The van der Waals surface area contributed by atoms with Gasteiger partial charge in [0.2, 0.25) is 5.88 Å². The Hall–Kier alpha value is -3.30. The van der Waals surface area contributed by atoms with Gasteiger partial charge in [0.15, 0.2) is 5.60 Å². The number of methoxy groups -OCH3 is 1. The molecule has 6 nitrogen and oxygen atoms in total. The molecule has 0 radical (unpaired) electrons. The molecule has 3 rings (SSSR count). The average molecular weight is 453 g/mol. The molecular weight excluding hydrogens is 437 g/mol. The lowest BCUT2D eigenvalue weighted by molar-refractivity contribution is -0.274. The Balaban J connectivity index is 2.26. The molecule has 0 spiro atoms. The van der Waals surface area contributed by atoms with Gasteiger partial charge in [0.1, 0.15) is 5.75 Å². The highest BCUT2D eigenvalue weighted by Crippen LogP contribution is 2.42. The van der Waals surface area contributed by atoms with Gasteiger partial charge < -0.3 is 20.3 Å². The van der Waals surface area contributed by atoms with Gasteiger partial charge in [0.25, 0.3) is 5.91 Å². The van der Waals surface area contributed by atoms with E-state index in [4.69, 9.17) is 22.1 Å². The molecular formula is C21H16ClF3N2O4. The number of pyridine rings is 1. The van der Waals surface area contributed by atoms with Crippen LogP contribution < -0.4 is 15.2 Å². The summed E-state index contributed by atoms with van der Waals surface area (Å²) < 4.78 is 48.8. The Kier molecular flexibility index (Phi) is 6.10. The number of amides is 1. The van der Waals surface area contributed by atoms with Crippen molar-refractivity contribution in [1.82, 2.24) is 4.98 Å². The van der Waals surface area contributed by atoms with Gasteiger partial charge in [0.05, 0.1) is 12.1 Å². The molecule has 3 aromatic rings. The second kappa shape index (κ2) is 8.44. The number of ether oxygens (including phenoxy) is 2. The summed E-state index contributed by atoms with van der Waals surface area (Å²) in [5, 5.41) is 11.2. The molecule has 0 saturated heterocycles. The molecule has 3 N–H and O–H groups in total. The van der Waals surface area contributed by atoms with Crippen molar-refractivity contribution in [3.63, 3.8) is 0 Å². The predicted octanol–water partition coefficient (Wildman–Crippen LogP) is 4.03. The summed E-state index contributed by atoms with van der Waals surface area (Å²) in [4.78, 5) is 16.1. The number of hydrogen-bond acceptors (Lipinski definition) is 5. The van der Waals surface area contributed by atoms with E-state index in [1.54, 1.807) is 18.2 Å². The van der Waals surface area contributed by atoms with Crippen LogP contribution in [-0.2, 0) is 10.4 Å². The fourth-order valence-electron chi connectivity index (χ4n) is 3.09. The van der Waals surface area contributed by atoms with E-state index in [1.165, 1.54) is 43.6 Å². The van der Waals surface area contributed by atoms with Crippen LogP contribution in [0.1, 0.15) is 11.1 Å². The molecule has 0 bridgehead atoms. The zero-order valence-corrected chi connectivity index (χ0v) is 16.7. The number of aromatic nitrogens is 1. The number of alkyl halides is 3. The minimum atomic E-state index is -5.07. The minimum absolute atomic E-state index is 0.00241. The van der Waals surface area contributed by atoms with Crippen molar-refractivity contribution >= 4 is 17.5 Å². The Morgan fingerprint density at radius 2 is 1.74 bits per heavy atom. The summed E-state index contributed by atoms with van der Waals surface area (Å²) in [7, 11) is 1.29. The van der Waals surface area contributed by atoms with Crippen LogP contribution in [0.5, 0.6) is 11.6 Å². The zero-order valence-electron chi connectivity index (χ0n) is 16.0. The van der Waals surface area contributed by atoms with Gasteiger partial charge in [0, 0.05) is 22.9 Å². The average Bonchev–Trinajstić information content (AvgIpc) is 2.72. The summed E-state index contributed by atoms with van der Waals surface area (Å²) in [5.41, 5.74) is 2.92. The van der Waals surface area contributed by atoms with Crippen LogP contribution in [0.3, 0.4) is 0 Å². The summed E-state index contributed by atoms with van der Waals surface area (Å²) in [6.45, 7) is 0. The maximum atomic E-state index is 13.2. The third-order valence-corrected chi connectivity index (χ3v) is 4.68. The number of carbonyl (C=O) groups is 1. The summed E-state index contributed by atoms with van der Waals surface area (Å²) in [5.74, 6) is -1.88. The van der Waals surface area contributed by atoms with Gasteiger partial charge in [-0.05, 0) is 17.7 Å². The van der Waals surface area contributed by atoms with E-state index in [-0.39, 0.29) is 33.2 Å². The molecule has 0 aliphatic rings. The molecule has 0 fully saturated rings. The first-order chi connectivity index (χ1) is 14.6. The number of nitrogens with zero attached hydrogens (tertiary/aromatic N) is 1. The Bertz CT molecular complexity index is 1110. The number of primary amides is 1. The fourth-order valence-corrected chi connectivity index (χ4v) is 3.25. The van der Waals surface area contributed by atoms with E-state index < -0.39 is 23.6 Å². The topological polar surface area (TPSA) is 94.7 Å². The first-order valence-electron chi connectivity index (χ1n) is 8.74. The molecule has 1 unspecified atom stereocenters. The SMILES string of the molecule is COc1ncc(Cl)cc1-c1ccc(C(O)(C(N)=O)c2ccccc2)cc1OC(F)(F)F. The summed E-state index contributed by atoms with van der Waals surface area (Å²) >= 11 is 5.95. The monoisotopic (exact) mass is 452 g/mol. The number of nitrogens with two attached hydrogens (primary N) is 1. The lowest BCUT2D eigenvalue weighted by Crippen LogP contribution is -2.42. The molecule has 1 heterocycles. The van der Waals surface area contributed by atoms with Crippen molar-refractivity contribution in [2.24, 2.45) is 5.73 Å². The van der Waals surface area contributed by atoms with E-state index >= 15 is 0 Å². The molecule has 1 amide bonds. The Morgan fingerprint density at radius 3 is 2.32 bits per heavy atom. The first-order valence-corrected chi connectivity index (χ1v) is 9.12. The third kappa shape index (κ3) is 4.57. The summed E-state index contributed by atoms with van der Waals surface area (Å²) in [6, 6.07) is 12.3. The Labute approximate surface area is 180 Å². The standard InChI is InChI=1S/C21H16ClF3N2O4/c1-30-18-16(10-14(22)11-27-18)15-8-7-13(9-17(15)31-21(23,24)25)20(29,19(26)28)12-5-3-2-4-6-12/h2-11,29H,1H3,(H2,26,28). The number of benzene rings is 2. The normalized spacial score (nSPS) is 13.4. The van der Waals surface area contributed by atoms with Crippen LogP contribution in [0.15, 0.2) is 60.8 Å². The summed E-state index contributed by atoms with van der Waals surface area (Å²) in [6.07, 6.45) is -3.80. The van der Waals surface area contributed by atoms with Gasteiger partial charge in [-0.15, -0.1) is 13.2 Å². The molecule has 1 atom stereocenters. The number of hydrogen-bond donors (Lipinski definition) is 2. The lowest BCUT2D eigenvalue weighted by atomic mass is 9.84. The molecule has 10 heteroatoms. The minimum Gasteiger partial charge on any atom is -0.481 e.